The number of hydrogen-bond donors (Lipinski definition) is 1. The molecule has 2 aliphatic rings. The number of rotatable bonds is 6. The van der Waals surface area contributed by atoms with Gasteiger partial charge in [-0.2, -0.15) is 5.10 Å². The highest BCUT2D eigenvalue weighted by molar-refractivity contribution is 5.93. The Labute approximate surface area is 162 Å². The van der Waals surface area contributed by atoms with Gasteiger partial charge in [-0.1, -0.05) is 5.16 Å². The van der Waals surface area contributed by atoms with Crippen molar-refractivity contribution in [2.45, 2.75) is 18.8 Å². The number of nitrogens with zero attached hydrogens (tertiary/aromatic N) is 5. The number of carbonyl (C=O) groups is 1. The third kappa shape index (κ3) is 3.45. The minimum atomic E-state index is -0.231. The van der Waals surface area contributed by atoms with Crippen molar-refractivity contribution in [1.29, 1.82) is 0 Å². The van der Waals surface area contributed by atoms with Crippen molar-refractivity contribution in [3.8, 4) is 11.3 Å². The zero-order chi connectivity index (χ0) is 18.9. The molecule has 8 nitrogen and oxygen atoms in total. The lowest BCUT2D eigenvalue weighted by Crippen LogP contribution is -2.52. The van der Waals surface area contributed by atoms with Crippen LogP contribution in [0, 0.1) is 5.92 Å². The van der Waals surface area contributed by atoms with Gasteiger partial charge in [-0.05, 0) is 37.1 Å². The lowest BCUT2D eigenvalue weighted by Gasteiger charge is -2.39. The van der Waals surface area contributed by atoms with Crippen molar-refractivity contribution in [1.82, 2.24) is 25.7 Å². The molecule has 0 atom stereocenters. The first kappa shape index (κ1) is 16.9. The SMILES string of the molecule is O=C(NCC1CN(c2ccc(C3CC3)nn2)C1)c1cc(-c2cccnc2)on1. The molecule has 0 aromatic carbocycles. The van der Waals surface area contributed by atoms with Crippen LogP contribution in [0.25, 0.3) is 11.3 Å². The zero-order valence-corrected chi connectivity index (χ0v) is 15.3. The maximum Gasteiger partial charge on any atom is 0.273 e. The van der Waals surface area contributed by atoms with Crippen LogP contribution in [0.5, 0.6) is 0 Å². The number of amides is 1. The van der Waals surface area contributed by atoms with E-state index in [0.29, 0.717) is 24.1 Å². The van der Waals surface area contributed by atoms with E-state index in [4.69, 9.17) is 4.52 Å². The zero-order valence-electron chi connectivity index (χ0n) is 15.3. The summed E-state index contributed by atoms with van der Waals surface area (Å²) in [6.07, 6.45) is 5.82. The molecule has 1 aliphatic heterocycles. The summed E-state index contributed by atoms with van der Waals surface area (Å²) < 4.78 is 5.25. The van der Waals surface area contributed by atoms with Gasteiger partial charge >= 0.3 is 0 Å². The van der Waals surface area contributed by atoms with E-state index >= 15 is 0 Å². The highest BCUT2D eigenvalue weighted by atomic mass is 16.5. The van der Waals surface area contributed by atoms with Crippen LogP contribution in [0.1, 0.15) is 34.9 Å². The number of carbonyl (C=O) groups excluding carboxylic acids is 1. The Kier molecular flexibility index (Phi) is 4.23. The van der Waals surface area contributed by atoms with Gasteiger partial charge < -0.3 is 14.7 Å². The summed E-state index contributed by atoms with van der Waals surface area (Å²) in [5.74, 6) is 2.21. The highest BCUT2D eigenvalue weighted by Gasteiger charge is 2.30. The normalized spacial score (nSPS) is 16.6. The van der Waals surface area contributed by atoms with E-state index in [1.54, 1.807) is 18.5 Å². The lowest BCUT2D eigenvalue weighted by atomic mass is 10.00. The van der Waals surface area contributed by atoms with E-state index in [1.807, 2.05) is 18.2 Å². The minimum absolute atomic E-state index is 0.231. The molecule has 1 amide bonds. The fraction of sp³-hybridized carbons (Fsp3) is 0.350. The summed E-state index contributed by atoms with van der Waals surface area (Å²) in [4.78, 5) is 18.5. The predicted octanol–water partition coefficient (Wildman–Crippen LogP) is 2.27. The standard InChI is InChI=1S/C20H20N6O2/c27-20(17-8-18(28-25-17)15-2-1-7-21-10-15)22-9-13-11-26(12-13)19-6-5-16(23-24-19)14-3-4-14/h1-2,5-8,10,13-14H,3-4,9,11-12H2,(H,22,27). The number of hydrogen-bond acceptors (Lipinski definition) is 7. The fourth-order valence-corrected chi connectivity index (χ4v) is 3.34. The Bertz CT molecular complexity index is 962. The Hall–Kier alpha value is -3.29. The molecule has 0 radical (unpaired) electrons. The molecule has 8 heteroatoms. The third-order valence-corrected chi connectivity index (χ3v) is 5.19. The molecule has 28 heavy (non-hydrogen) atoms. The van der Waals surface area contributed by atoms with Gasteiger partial charge in [-0.3, -0.25) is 9.78 Å². The molecular weight excluding hydrogens is 356 g/mol. The van der Waals surface area contributed by atoms with Gasteiger partial charge in [0.25, 0.3) is 5.91 Å². The van der Waals surface area contributed by atoms with E-state index in [0.717, 1.165) is 30.2 Å². The summed E-state index contributed by atoms with van der Waals surface area (Å²) >= 11 is 0. The molecule has 3 aromatic heterocycles. The molecule has 0 spiro atoms. The molecule has 5 rings (SSSR count). The molecule has 2 fully saturated rings. The van der Waals surface area contributed by atoms with Crippen molar-refractivity contribution in [3.05, 3.63) is 54.1 Å². The van der Waals surface area contributed by atoms with E-state index in [2.05, 4.69) is 36.6 Å². The first-order chi connectivity index (χ1) is 13.8. The number of aromatic nitrogens is 4. The first-order valence-electron chi connectivity index (χ1n) is 9.50. The monoisotopic (exact) mass is 376 g/mol. The molecule has 1 saturated carbocycles. The number of pyridine rings is 1. The van der Waals surface area contributed by atoms with E-state index in [-0.39, 0.29) is 11.6 Å². The average Bonchev–Trinajstić information content (AvgIpc) is 3.44. The van der Waals surface area contributed by atoms with Crippen LogP contribution in [0.3, 0.4) is 0 Å². The van der Waals surface area contributed by atoms with Gasteiger partial charge in [-0.25, -0.2) is 0 Å². The largest absolute Gasteiger partial charge is 0.355 e. The van der Waals surface area contributed by atoms with Crippen LogP contribution in [0.15, 0.2) is 47.2 Å². The van der Waals surface area contributed by atoms with Gasteiger partial charge in [0, 0.05) is 55.5 Å². The predicted molar refractivity (Wildman–Crippen MR) is 102 cm³/mol. The lowest BCUT2D eigenvalue weighted by molar-refractivity contribution is 0.0935. The molecule has 1 saturated heterocycles. The second-order valence-corrected chi connectivity index (χ2v) is 7.39. The Morgan fingerprint density at radius 2 is 2.11 bits per heavy atom. The fourth-order valence-electron chi connectivity index (χ4n) is 3.34. The van der Waals surface area contributed by atoms with Gasteiger partial charge in [0.2, 0.25) is 0 Å². The van der Waals surface area contributed by atoms with Crippen molar-refractivity contribution in [3.63, 3.8) is 0 Å². The van der Waals surface area contributed by atoms with Gasteiger partial charge in [0.15, 0.2) is 17.3 Å². The second-order valence-electron chi connectivity index (χ2n) is 7.39. The summed E-state index contributed by atoms with van der Waals surface area (Å²) in [5.41, 5.74) is 2.17. The van der Waals surface area contributed by atoms with Crippen LogP contribution in [-0.4, -0.2) is 45.9 Å². The van der Waals surface area contributed by atoms with Gasteiger partial charge in [-0.15, -0.1) is 5.10 Å². The van der Waals surface area contributed by atoms with Crippen LogP contribution >= 0.6 is 0 Å². The molecule has 0 bridgehead atoms. The van der Waals surface area contributed by atoms with Crippen LogP contribution < -0.4 is 10.2 Å². The van der Waals surface area contributed by atoms with Crippen molar-refractivity contribution < 1.29 is 9.32 Å². The number of anilines is 1. The molecule has 4 heterocycles. The smallest absolute Gasteiger partial charge is 0.273 e. The molecule has 1 N–H and O–H groups in total. The summed E-state index contributed by atoms with van der Waals surface area (Å²) in [7, 11) is 0. The van der Waals surface area contributed by atoms with E-state index in [1.165, 1.54) is 12.8 Å². The van der Waals surface area contributed by atoms with Crippen molar-refractivity contribution >= 4 is 11.7 Å². The maximum absolute atomic E-state index is 12.3. The summed E-state index contributed by atoms with van der Waals surface area (Å²) in [5, 5.41) is 15.4. The van der Waals surface area contributed by atoms with Gasteiger partial charge in [0.1, 0.15) is 0 Å². The van der Waals surface area contributed by atoms with E-state index in [9.17, 15) is 4.79 Å². The van der Waals surface area contributed by atoms with Crippen LogP contribution in [-0.2, 0) is 0 Å². The van der Waals surface area contributed by atoms with Crippen LogP contribution in [0.4, 0.5) is 5.82 Å². The Morgan fingerprint density at radius 3 is 2.82 bits per heavy atom. The van der Waals surface area contributed by atoms with Crippen molar-refractivity contribution in [2.24, 2.45) is 5.92 Å². The summed E-state index contributed by atoms with van der Waals surface area (Å²) in [6, 6.07) is 9.43. The third-order valence-electron chi connectivity index (χ3n) is 5.19. The Morgan fingerprint density at radius 1 is 1.21 bits per heavy atom. The van der Waals surface area contributed by atoms with Gasteiger partial charge in [0.05, 0.1) is 5.69 Å². The van der Waals surface area contributed by atoms with Crippen LogP contribution in [0.2, 0.25) is 0 Å². The molecule has 1 aliphatic carbocycles. The van der Waals surface area contributed by atoms with E-state index < -0.39 is 0 Å². The minimum Gasteiger partial charge on any atom is -0.355 e. The molecular formula is C20H20N6O2. The summed E-state index contributed by atoms with van der Waals surface area (Å²) in [6.45, 7) is 2.31. The maximum atomic E-state index is 12.3. The highest BCUT2D eigenvalue weighted by Crippen LogP contribution is 2.38. The first-order valence-corrected chi connectivity index (χ1v) is 9.50. The average molecular weight is 376 g/mol. The quantitative estimate of drug-likeness (QED) is 0.705. The molecule has 3 aromatic rings. The Balaban J connectivity index is 1.11. The van der Waals surface area contributed by atoms with Crippen molar-refractivity contribution in [2.75, 3.05) is 24.5 Å². The second kappa shape index (κ2) is 7.03. The topological polar surface area (TPSA) is 97.0 Å². The molecule has 0 unspecified atom stereocenters. The number of nitrogens with one attached hydrogen (secondary N) is 1. The molecule has 142 valence electrons.